The van der Waals surface area contributed by atoms with E-state index in [9.17, 15) is 13.5 Å². The third kappa shape index (κ3) is 4.52. The van der Waals surface area contributed by atoms with Gasteiger partial charge < -0.3 is 5.11 Å². The van der Waals surface area contributed by atoms with E-state index in [1.54, 1.807) is 10.7 Å². The first-order valence-corrected chi connectivity index (χ1v) is 9.25. The van der Waals surface area contributed by atoms with Gasteiger partial charge in [-0.15, -0.1) is 0 Å². The topological polar surface area (TPSA) is 88.3 Å². The van der Waals surface area contributed by atoms with E-state index in [-0.39, 0.29) is 13.1 Å². The van der Waals surface area contributed by atoms with Crippen molar-refractivity contribution >= 4 is 15.7 Å². The maximum atomic E-state index is 12.2. The summed E-state index contributed by atoms with van der Waals surface area (Å²) in [6.45, 7) is 4.14. The molecule has 1 N–H and O–H groups in total. The molecule has 2 aromatic rings. The Bertz CT molecular complexity index is 758. The Kier molecular flexibility index (Phi) is 5.38. The van der Waals surface area contributed by atoms with Crippen molar-refractivity contribution in [1.82, 2.24) is 14.8 Å². The molecule has 0 saturated carbocycles. The van der Waals surface area contributed by atoms with E-state index in [1.807, 2.05) is 32.0 Å². The molecule has 7 nitrogen and oxygen atoms in total. The standard InChI is InChI=1S/C15H22N4O3S/c1-4-14(20)9-18-15(16-11-17-18)10-19(23(3,21)22)13-7-5-6-12(2)8-13/h5-8,11,14,20H,4,9-10H2,1-3H3. The molecule has 1 heterocycles. The Labute approximate surface area is 136 Å². The third-order valence-electron chi connectivity index (χ3n) is 3.53. The zero-order chi connectivity index (χ0) is 17.0. The van der Waals surface area contributed by atoms with Crippen molar-refractivity contribution in [2.75, 3.05) is 10.6 Å². The number of sulfonamides is 1. The monoisotopic (exact) mass is 338 g/mol. The lowest BCUT2D eigenvalue weighted by molar-refractivity contribution is 0.144. The molecule has 0 fully saturated rings. The SMILES string of the molecule is CCC(O)Cn1ncnc1CN(c1cccc(C)c1)S(C)(=O)=O. The molecular weight excluding hydrogens is 316 g/mol. The maximum absolute atomic E-state index is 12.2. The summed E-state index contributed by atoms with van der Waals surface area (Å²) in [4.78, 5) is 4.14. The average Bonchev–Trinajstić information content (AvgIpc) is 2.90. The third-order valence-corrected chi connectivity index (χ3v) is 4.67. The highest BCUT2D eigenvalue weighted by molar-refractivity contribution is 7.92. The molecule has 1 unspecified atom stereocenters. The highest BCUT2D eigenvalue weighted by atomic mass is 32.2. The van der Waals surface area contributed by atoms with Crippen molar-refractivity contribution in [3.8, 4) is 0 Å². The zero-order valence-electron chi connectivity index (χ0n) is 13.5. The van der Waals surface area contributed by atoms with Crippen LogP contribution < -0.4 is 4.31 Å². The molecule has 0 radical (unpaired) electrons. The normalized spacial score (nSPS) is 13.0. The summed E-state index contributed by atoms with van der Waals surface area (Å²) >= 11 is 0. The predicted molar refractivity (Wildman–Crippen MR) is 88.5 cm³/mol. The summed E-state index contributed by atoms with van der Waals surface area (Å²) in [5, 5.41) is 13.9. The van der Waals surface area contributed by atoms with Gasteiger partial charge in [-0.05, 0) is 31.0 Å². The van der Waals surface area contributed by atoms with Crippen molar-refractivity contribution in [3.63, 3.8) is 0 Å². The van der Waals surface area contributed by atoms with Crippen molar-refractivity contribution in [1.29, 1.82) is 0 Å². The van der Waals surface area contributed by atoms with Gasteiger partial charge in [-0.1, -0.05) is 19.1 Å². The Morgan fingerprint density at radius 3 is 2.74 bits per heavy atom. The molecule has 0 aliphatic carbocycles. The number of anilines is 1. The first-order chi connectivity index (χ1) is 10.8. The average molecular weight is 338 g/mol. The Balaban J connectivity index is 2.32. The number of aromatic nitrogens is 3. The Hall–Kier alpha value is -1.93. The highest BCUT2D eigenvalue weighted by Crippen LogP contribution is 2.21. The summed E-state index contributed by atoms with van der Waals surface area (Å²) in [5.41, 5.74) is 1.55. The van der Waals surface area contributed by atoms with Gasteiger partial charge >= 0.3 is 0 Å². The van der Waals surface area contributed by atoms with E-state index in [1.165, 1.54) is 10.6 Å². The van der Waals surface area contributed by atoms with Crippen LogP contribution in [0.3, 0.4) is 0 Å². The van der Waals surface area contributed by atoms with Gasteiger partial charge in [0, 0.05) is 0 Å². The number of aryl methyl sites for hydroxylation is 1. The number of aliphatic hydroxyl groups excluding tert-OH is 1. The molecule has 1 aromatic heterocycles. The highest BCUT2D eigenvalue weighted by Gasteiger charge is 2.21. The van der Waals surface area contributed by atoms with Gasteiger partial charge in [0.1, 0.15) is 12.2 Å². The van der Waals surface area contributed by atoms with Crippen LogP contribution in [0.2, 0.25) is 0 Å². The molecule has 0 aliphatic heterocycles. The van der Waals surface area contributed by atoms with Crippen LogP contribution in [0.5, 0.6) is 0 Å². The van der Waals surface area contributed by atoms with Gasteiger partial charge in [-0.3, -0.25) is 4.31 Å². The molecule has 1 atom stereocenters. The quantitative estimate of drug-likeness (QED) is 0.822. The summed E-state index contributed by atoms with van der Waals surface area (Å²) in [6, 6.07) is 7.27. The number of hydrogen-bond acceptors (Lipinski definition) is 5. The van der Waals surface area contributed by atoms with Crippen molar-refractivity contribution in [2.45, 2.75) is 39.5 Å². The molecule has 0 saturated heterocycles. The number of benzene rings is 1. The lowest BCUT2D eigenvalue weighted by Crippen LogP contribution is -2.31. The number of nitrogens with zero attached hydrogens (tertiary/aromatic N) is 4. The van der Waals surface area contributed by atoms with E-state index in [2.05, 4.69) is 10.1 Å². The minimum atomic E-state index is -3.47. The van der Waals surface area contributed by atoms with Crippen LogP contribution in [-0.2, 0) is 23.1 Å². The zero-order valence-corrected chi connectivity index (χ0v) is 14.4. The van der Waals surface area contributed by atoms with Crippen molar-refractivity contribution < 1.29 is 13.5 Å². The van der Waals surface area contributed by atoms with Crippen LogP contribution >= 0.6 is 0 Å². The molecule has 23 heavy (non-hydrogen) atoms. The Morgan fingerprint density at radius 2 is 2.13 bits per heavy atom. The minimum Gasteiger partial charge on any atom is -0.391 e. The fourth-order valence-electron chi connectivity index (χ4n) is 2.20. The molecule has 0 spiro atoms. The second kappa shape index (κ2) is 7.10. The molecule has 126 valence electrons. The van der Waals surface area contributed by atoms with E-state index in [0.29, 0.717) is 17.9 Å². The number of aliphatic hydroxyl groups is 1. The predicted octanol–water partition coefficient (Wildman–Crippen LogP) is 1.32. The molecule has 8 heteroatoms. The van der Waals surface area contributed by atoms with Gasteiger partial charge in [0.25, 0.3) is 0 Å². The fraction of sp³-hybridized carbons (Fsp3) is 0.467. The number of rotatable bonds is 7. The minimum absolute atomic E-state index is 0.0682. The lowest BCUT2D eigenvalue weighted by Gasteiger charge is -2.22. The van der Waals surface area contributed by atoms with E-state index < -0.39 is 16.1 Å². The first kappa shape index (κ1) is 17.4. The lowest BCUT2D eigenvalue weighted by atomic mass is 10.2. The Morgan fingerprint density at radius 1 is 1.39 bits per heavy atom. The van der Waals surface area contributed by atoms with Gasteiger partial charge in [0.05, 0.1) is 31.1 Å². The van der Waals surface area contributed by atoms with E-state index in [0.717, 1.165) is 11.8 Å². The van der Waals surface area contributed by atoms with Crippen molar-refractivity contribution in [2.24, 2.45) is 0 Å². The van der Waals surface area contributed by atoms with E-state index in [4.69, 9.17) is 0 Å². The summed E-state index contributed by atoms with van der Waals surface area (Å²) in [7, 11) is -3.47. The van der Waals surface area contributed by atoms with Crippen LogP contribution in [0.1, 0.15) is 24.7 Å². The van der Waals surface area contributed by atoms with E-state index >= 15 is 0 Å². The maximum Gasteiger partial charge on any atom is 0.232 e. The largest absolute Gasteiger partial charge is 0.391 e. The molecular formula is C15H22N4O3S. The fourth-order valence-corrected chi connectivity index (χ4v) is 3.05. The molecule has 0 amide bonds. The molecule has 0 aliphatic rings. The molecule has 0 bridgehead atoms. The van der Waals surface area contributed by atoms with Gasteiger partial charge in [0.15, 0.2) is 0 Å². The van der Waals surface area contributed by atoms with Crippen molar-refractivity contribution in [3.05, 3.63) is 42.0 Å². The summed E-state index contributed by atoms with van der Waals surface area (Å²) in [5.74, 6) is 0.490. The van der Waals surface area contributed by atoms with Crippen LogP contribution in [0, 0.1) is 6.92 Å². The van der Waals surface area contributed by atoms with Crippen LogP contribution in [-0.4, -0.2) is 40.6 Å². The van der Waals surface area contributed by atoms with Gasteiger partial charge in [0.2, 0.25) is 10.0 Å². The van der Waals surface area contributed by atoms with Crippen LogP contribution in [0.4, 0.5) is 5.69 Å². The first-order valence-electron chi connectivity index (χ1n) is 7.40. The number of hydrogen-bond donors (Lipinski definition) is 1. The second-order valence-corrected chi connectivity index (χ2v) is 7.44. The van der Waals surface area contributed by atoms with Crippen LogP contribution in [0.15, 0.2) is 30.6 Å². The second-order valence-electron chi connectivity index (χ2n) is 5.53. The smallest absolute Gasteiger partial charge is 0.232 e. The molecule has 2 rings (SSSR count). The van der Waals surface area contributed by atoms with Crippen LogP contribution in [0.25, 0.3) is 0 Å². The summed E-state index contributed by atoms with van der Waals surface area (Å²) < 4.78 is 27.2. The molecule has 1 aromatic carbocycles. The van der Waals surface area contributed by atoms with Gasteiger partial charge in [-0.2, -0.15) is 5.10 Å². The van der Waals surface area contributed by atoms with Gasteiger partial charge in [-0.25, -0.2) is 18.1 Å². The summed E-state index contributed by atoms with van der Waals surface area (Å²) in [6.07, 6.45) is 2.58.